The van der Waals surface area contributed by atoms with Gasteiger partial charge in [-0.25, -0.2) is 0 Å². The Bertz CT molecular complexity index is 1230. The minimum absolute atomic E-state index is 0.203. The zero-order chi connectivity index (χ0) is 26.8. The maximum Gasteiger partial charge on any atom is 0.143 e. The molecule has 0 unspecified atom stereocenters. The Hall–Kier alpha value is -3.20. The van der Waals surface area contributed by atoms with Crippen LogP contribution < -0.4 is 0 Å². The van der Waals surface area contributed by atoms with E-state index in [1.807, 2.05) is 83.8 Å². The van der Waals surface area contributed by atoms with Crippen molar-refractivity contribution in [2.24, 2.45) is 0 Å². The zero-order valence-electron chi connectivity index (χ0n) is 21.1. The fourth-order valence-electron chi connectivity index (χ4n) is 4.80. The van der Waals surface area contributed by atoms with Crippen LogP contribution in [0.3, 0.4) is 0 Å². The third-order valence-corrected chi connectivity index (χ3v) is 7.72. The van der Waals surface area contributed by atoms with E-state index in [-0.39, 0.29) is 19.2 Å². The Morgan fingerprint density at radius 3 is 1.74 bits per heavy atom. The van der Waals surface area contributed by atoms with Crippen LogP contribution in [0.4, 0.5) is 0 Å². The van der Waals surface area contributed by atoms with Gasteiger partial charge >= 0.3 is 0 Å². The second-order valence-corrected chi connectivity index (χ2v) is 10.4. The molecule has 3 nitrogen and oxygen atoms in total. The first-order chi connectivity index (χ1) is 18.6. The van der Waals surface area contributed by atoms with Crippen LogP contribution in [-0.2, 0) is 10.3 Å². The van der Waals surface area contributed by atoms with Crippen molar-refractivity contribution < 1.29 is 4.74 Å². The Morgan fingerprint density at radius 2 is 1.32 bits per heavy atom. The minimum atomic E-state index is -0.884. The van der Waals surface area contributed by atoms with Gasteiger partial charge in [-0.1, -0.05) is 125 Å². The van der Waals surface area contributed by atoms with Crippen molar-refractivity contribution >= 4 is 27.5 Å². The average Bonchev–Trinajstić information content (AvgIpc) is 2.97. The van der Waals surface area contributed by atoms with E-state index in [9.17, 15) is 5.26 Å². The first kappa shape index (κ1) is 27.8. The summed E-state index contributed by atoms with van der Waals surface area (Å²) in [6.07, 6.45) is 1.80. The topological polar surface area (TPSA) is 36.3 Å². The molecule has 2 atom stereocenters. The van der Waals surface area contributed by atoms with Crippen LogP contribution in [0.15, 0.2) is 132 Å². The largest absolute Gasteiger partial charge is 0.359 e. The SMILES string of the molecule is C=CCN(CC#N)[C@H](COC(c1ccccc1)(c1ccccc1)c1ccccc1)[C@H](Cl)c1ccc(Br)cc1. The molecule has 0 aliphatic rings. The second kappa shape index (κ2) is 13.6. The van der Waals surface area contributed by atoms with E-state index in [1.165, 1.54) is 0 Å². The maximum absolute atomic E-state index is 9.65. The lowest BCUT2D eigenvalue weighted by atomic mass is 9.80. The predicted octanol–water partition coefficient (Wildman–Crippen LogP) is 8.12. The van der Waals surface area contributed by atoms with Crippen molar-refractivity contribution in [3.8, 4) is 6.07 Å². The van der Waals surface area contributed by atoms with Gasteiger partial charge in [0.1, 0.15) is 5.60 Å². The normalized spacial score (nSPS) is 13.0. The number of hydrogen-bond acceptors (Lipinski definition) is 3. The lowest BCUT2D eigenvalue weighted by molar-refractivity contribution is -0.0206. The Morgan fingerprint density at radius 1 is 0.842 bits per heavy atom. The number of alkyl halides is 1. The number of rotatable bonds is 12. The lowest BCUT2D eigenvalue weighted by Crippen LogP contribution is -2.45. The van der Waals surface area contributed by atoms with E-state index in [2.05, 4.69) is 65.0 Å². The fourth-order valence-corrected chi connectivity index (χ4v) is 5.44. The van der Waals surface area contributed by atoms with Crippen LogP contribution in [0, 0.1) is 11.3 Å². The van der Waals surface area contributed by atoms with Crippen molar-refractivity contribution in [1.29, 1.82) is 5.26 Å². The lowest BCUT2D eigenvalue weighted by Gasteiger charge is -2.40. The van der Waals surface area contributed by atoms with Gasteiger partial charge in [0, 0.05) is 11.0 Å². The number of halogens is 2. The highest BCUT2D eigenvalue weighted by Crippen LogP contribution is 2.41. The first-order valence-electron chi connectivity index (χ1n) is 12.5. The standard InChI is InChI=1S/C33H30BrClN2O/c1-2-23-37(24-22-36)31(32(35)26-18-20-30(34)21-19-26)25-38-33(27-12-6-3-7-13-27,28-14-8-4-9-15-28)29-16-10-5-11-17-29/h2-21,31-32H,1,23-25H2/t31-,32-/m1/s1. The molecular formula is C33H30BrClN2O. The monoisotopic (exact) mass is 584 g/mol. The average molecular weight is 586 g/mol. The van der Waals surface area contributed by atoms with Gasteiger partial charge in [0.25, 0.3) is 0 Å². The smallest absolute Gasteiger partial charge is 0.143 e. The highest BCUT2D eigenvalue weighted by Gasteiger charge is 2.39. The minimum Gasteiger partial charge on any atom is -0.359 e. The molecule has 0 fully saturated rings. The number of benzene rings is 4. The molecule has 0 aliphatic carbocycles. The molecule has 0 N–H and O–H groups in total. The molecule has 0 spiro atoms. The molecule has 0 bridgehead atoms. The molecule has 0 saturated heterocycles. The maximum atomic E-state index is 9.65. The van der Waals surface area contributed by atoms with Crippen LogP contribution >= 0.6 is 27.5 Å². The summed E-state index contributed by atoms with van der Waals surface area (Å²) in [6, 6.07) is 40.7. The Balaban J connectivity index is 1.83. The van der Waals surface area contributed by atoms with Crippen LogP contribution in [0.5, 0.6) is 0 Å². The van der Waals surface area contributed by atoms with Crippen molar-refractivity contribution in [2.75, 3.05) is 19.7 Å². The zero-order valence-corrected chi connectivity index (χ0v) is 23.4. The van der Waals surface area contributed by atoms with Crippen LogP contribution in [0.25, 0.3) is 0 Å². The summed E-state index contributed by atoms with van der Waals surface area (Å²) < 4.78 is 8.09. The molecule has 4 rings (SSSR count). The molecule has 4 aromatic rings. The highest BCUT2D eigenvalue weighted by atomic mass is 79.9. The summed E-state index contributed by atoms with van der Waals surface area (Å²) in [5.41, 5.74) is 3.12. The van der Waals surface area contributed by atoms with E-state index < -0.39 is 11.0 Å². The molecule has 0 radical (unpaired) electrons. The molecule has 5 heteroatoms. The molecule has 0 aromatic heterocycles. The van der Waals surface area contributed by atoms with E-state index in [1.54, 1.807) is 6.08 Å². The van der Waals surface area contributed by atoms with Gasteiger partial charge in [0.15, 0.2) is 0 Å². The quantitative estimate of drug-likeness (QED) is 0.0729. The molecular weight excluding hydrogens is 556 g/mol. The van der Waals surface area contributed by atoms with Gasteiger partial charge in [-0.05, 0) is 34.4 Å². The van der Waals surface area contributed by atoms with Gasteiger partial charge < -0.3 is 4.74 Å². The summed E-state index contributed by atoms with van der Waals surface area (Å²) >= 11 is 10.7. The Kier molecular flexibility index (Phi) is 9.92. The van der Waals surface area contributed by atoms with E-state index in [0.717, 1.165) is 26.7 Å². The number of hydrogen-bond donors (Lipinski definition) is 0. The van der Waals surface area contributed by atoms with Crippen molar-refractivity contribution in [2.45, 2.75) is 17.0 Å². The first-order valence-corrected chi connectivity index (χ1v) is 13.7. The van der Waals surface area contributed by atoms with Gasteiger partial charge in [-0.15, -0.1) is 18.2 Å². The van der Waals surface area contributed by atoms with Crippen molar-refractivity contribution in [3.05, 3.63) is 155 Å². The molecule has 0 amide bonds. The molecule has 4 aromatic carbocycles. The number of nitrogens with zero attached hydrogens (tertiary/aromatic N) is 2. The molecule has 0 saturated carbocycles. The van der Waals surface area contributed by atoms with E-state index >= 15 is 0 Å². The fraction of sp³-hybridized carbons (Fsp3) is 0.182. The number of nitriles is 1. The van der Waals surface area contributed by atoms with Gasteiger partial charge in [0.2, 0.25) is 0 Å². The van der Waals surface area contributed by atoms with Crippen LogP contribution in [0.2, 0.25) is 0 Å². The summed E-state index contributed by atoms with van der Waals surface area (Å²) in [5.74, 6) is 0. The molecule has 0 aliphatic heterocycles. The van der Waals surface area contributed by atoms with Crippen molar-refractivity contribution in [1.82, 2.24) is 4.90 Å². The summed E-state index contributed by atoms with van der Waals surface area (Å²) in [5, 5.41) is 9.23. The highest BCUT2D eigenvalue weighted by molar-refractivity contribution is 9.10. The summed E-state index contributed by atoms with van der Waals surface area (Å²) in [4.78, 5) is 2.03. The van der Waals surface area contributed by atoms with E-state index in [0.29, 0.717) is 6.54 Å². The van der Waals surface area contributed by atoms with Gasteiger partial charge in [0.05, 0.1) is 30.6 Å². The Labute approximate surface area is 239 Å². The molecule has 38 heavy (non-hydrogen) atoms. The third-order valence-electron chi connectivity index (χ3n) is 6.64. The van der Waals surface area contributed by atoms with Gasteiger partial charge in [-0.2, -0.15) is 5.26 Å². The van der Waals surface area contributed by atoms with Crippen molar-refractivity contribution in [3.63, 3.8) is 0 Å². The second-order valence-electron chi connectivity index (χ2n) is 8.99. The van der Waals surface area contributed by atoms with Gasteiger partial charge in [-0.3, -0.25) is 4.90 Å². The third kappa shape index (κ3) is 6.26. The summed E-state index contributed by atoms with van der Waals surface area (Å²) in [7, 11) is 0. The predicted molar refractivity (Wildman–Crippen MR) is 159 cm³/mol. The number of ether oxygens (including phenoxy) is 1. The van der Waals surface area contributed by atoms with Crippen LogP contribution in [0.1, 0.15) is 27.6 Å². The van der Waals surface area contributed by atoms with Crippen LogP contribution in [-0.4, -0.2) is 30.6 Å². The van der Waals surface area contributed by atoms with E-state index in [4.69, 9.17) is 16.3 Å². The molecule has 192 valence electrons. The summed E-state index contributed by atoms with van der Waals surface area (Å²) in [6.45, 7) is 4.91. The molecule has 0 heterocycles.